The van der Waals surface area contributed by atoms with Crippen molar-refractivity contribution in [2.24, 2.45) is 0 Å². The summed E-state index contributed by atoms with van der Waals surface area (Å²) >= 11 is 0. The van der Waals surface area contributed by atoms with Crippen LogP contribution in [0.2, 0.25) is 0 Å². The van der Waals surface area contributed by atoms with Crippen LogP contribution in [0.1, 0.15) is 11.3 Å². The Hall–Kier alpha value is -2.38. The van der Waals surface area contributed by atoms with E-state index in [-0.39, 0.29) is 0 Å². The summed E-state index contributed by atoms with van der Waals surface area (Å²) in [4.78, 5) is 6.18. The topological polar surface area (TPSA) is 49.1 Å². The van der Waals surface area contributed by atoms with Gasteiger partial charge in [-0.25, -0.2) is 4.98 Å². The van der Waals surface area contributed by atoms with Crippen molar-refractivity contribution < 1.29 is 4.74 Å². The fraction of sp³-hybridized carbons (Fsp3) is 0.200. The first-order valence-corrected chi connectivity index (χ1v) is 5.96. The predicted octanol–water partition coefficient (Wildman–Crippen LogP) is 2.81. The second kappa shape index (κ2) is 5.98. The molecule has 1 heterocycles. The van der Waals surface area contributed by atoms with E-state index in [0.717, 1.165) is 17.9 Å². The lowest BCUT2D eigenvalue weighted by molar-refractivity contribution is 0.386. The van der Waals surface area contributed by atoms with Gasteiger partial charge in [-0.1, -0.05) is 24.3 Å². The minimum absolute atomic E-state index is 0.350. The molecule has 0 aliphatic carbocycles. The van der Waals surface area contributed by atoms with Crippen molar-refractivity contribution in [2.45, 2.75) is 6.54 Å². The molecule has 0 aliphatic heterocycles. The third-order valence-corrected chi connectivity index (χ3v) is 2.51. The number of rotatable bonds is 4. The molecular formula is C15H15N3O. The average Bonchev–Trinajstić information content (AvgIpc) is 2.41. The zero-order chi connectivity index (χ0) is 13.7. The summed E-state index contributed by atoms with van der Waals surface area (Å²) in [6.45, 7) is 0.786. The largest absolute Gasteiger partial charge is 0.439 e. The Bertz CT molecular complexity index is 602. The van der Waals surface area contributed by atoms with Gasteiger partial charge in [0.15, 0.2) is 0 Å². The third kappa shape index (κ3) is 3.54. The molecule has 0 aliphatic rings. The van der Waals surface area contributed by atoms with Crippen LogP contribution in [-0.2, 0) is 6.54 Å². The lowest BCUT2D eigenvalue weighted by Gasteiger charge is -2.14. The minimum Gasteiger partial charge on any atom is -0.439 e. The fourth-order valence-electron chi connectivity index (χ4n) is 1.72. The van der Waals surface area contributed by atoms with E-state index in [1.54, 1.807) is 18.2 Å². The first-order chi connectivity index (χ1) is 9.19. The van der Waals surface area contributed by atoms with E-state index in [1.165, 1.54) is 0 Å². The molecule has 2 rings (SSSR count). The molecule has 0 saturated carbocycles. The molecule has 0 bridgehead atoms. The van der Waals surface area contributed by atoms with Crippen LogP contribution in [0.3, 0.4) is 0 Å². The smallest absolute Gasteiger partial charge is 0.220 e. The molecule has 1 aromatic carbocycles. The Balaban J connectivity index is 2.25. The fourth-order valence-corrected chi connectivity index (χ4v) is 1.72. The molecule has 1 aromatic heterocycles. The van der Waals surface area contributed by atoms with Gasteiger partial charge in [-0.2, -0.15) is 5.26 Å². The second-order valence-corrected chi connectivity index (χ2v) is 4.42. The molecule has 0 spiro atoms. The molecule has 2 aromatic rings. The highest BCUT2D eigenvalue weighted by molar-refractivity contribution is 5.36. The summed E-state index contributed by atoms with van der Waals surface area (Å²) in [6, 6.07) is 15.0. The van der Waals surface area contributed by atoms with Gasteiger partial charge in [0.1, 0.15) is 17.5 Å². The molecular weight excluding hydrogens is 238 g/mol. The molecule has 96 valence electrons. The summed E-state index contributed by atoms with van der Waals surface area (Å²) in [7, 11) is 4.01. The molecule has 0 radical (unpaired) electrons. The van der Waals surface area contributed by atoms with Gasteiger partial charge in [-0.3, -0.25) is 0 Å². The molecule has 19 heavy (non-hydrogen) atoms. The van der Waals surface area contributed by atoms with Crippen LogP contribution in [-0.4, -0.2) is 24.0 Å². The van der Waals surface area contributed by atoms with Gasteiger partial charge < -0.3 is 9.64 Å². The van der Waals surface area contributed by atoms with E-state index in [4.69, 9.17) is 10.00 Å². The third-order valence-electron chi connectivity index (χ3n) is 2.51. The van der Waals surface area contributed by atoms with E-state index in [0.29, 0.717) is 11.6 Å². The number of nitriles is 1. The number of hydrogen-bond donors (Lipinski definition) is 0. The zero-order valence-corrected chi connectivity index (χ0v) is 11.0. The van der Waals surface area contributed by atoms with E-state index in [2.05, 4.69) is 9.88 Å². The van der Waals surface area contributed by atoms with Gasteiger partial charge >= 0.3 is 0 Å². The molecule has 0 unspecified atom stereocenters. The van der Waals surface area contributed by atoms with Gasteiger partial charge in [0.25, 0.3) is 0 Å². The second-order valence-electron chi connectivity index (χ2n) is 4.42. The van der Waals surface area contributed by atoms with E-state index in [1.807, 2.05) is 44.4 Å². The predicted molar refractivity (Wildman–Crippen MR) is 72.9 cm³/mol. The van der Waals surface area contributed by atoms with Gasteiger partial charge in [0.05, 0.1) is 0 Å². The van der Waals surface area contributed by atoms with Gasteiger partial charge in [0.2, 0.25) is 5.88 Å². The number of nitrogens with zero attached hydrogens (tertiary/aromatic N) is 3. The molecule has 0 amide bonds. The highest BCUT2D eigenvalue weighted by atomic mass is 16.5. The maximum Gasteiger partial charge on any atom is 0.220 e. The number of aromatic nitrogens is 1. The normalized spacial score (nSPS) is 10.2. The van der Waals surface area contributed by atoms with Crippen molar-refractivity contribution in [3.05, 3.63) is 53.7 Å². The molecule has 0 fully saturated rings. The number of ether oxygens (including phenoxy) is 1. The van der Waals surface area contributed by atoms with Crippen LogP contribution in [0.15, 0.2) is 42.5 Å². The van der Waals surface area contributed by atoms with Crippen molar-refractivity contribution in [1.29, 1.82) is 5.26 Å². The molecule has 0 atom stereocenters. The Morgan fingerprint density at radius 1 is 1.16 bits per heavy atom. The maximum atomic E-state index is 8.83. The van der Waals surface area contributed by atoms with Crippen LogP contribution in [0.25, 0.3) is 0 Å². The molecule has 0 saturated heterocycles. The summed E-state index contributed by atoms with van der Waals surface area (Å²) in [5.41, 5.74) is 1.43. The molecule has 4 nitrogen and oxygen atoms in total. The van der Waals surface area contributed by atoms with Gasteiger partial charge in [0, 0.05) is 18.2 Å². The Labute approximate surface area is 112 Å². The highest BCUT2D eigenvalue weighted by Crippen LogP contribution is 2.24. The minimum atomic E-state index is 0.350. The number of pyridine rings is 1. The van der Waals surface area contributed by atoms with Crippen molar-refractivity contribution in [1.82, 2.24) is 9.88 Å². The van der Waals surface area contributed by atoms with Crippen molar-refractivity contribution >= 4 is 0 Å². The Morgan fingerprint density at radius 2 is 1.95 bits per heavy atom. The average molecular weight is 253 g/mol. The van der Waals surface area contributed by atoms with Crippen LogP contribution in [0.4, 0.5) is 0 Å². The summed E-state index contributed by atoms with van der Waals surface area (Å²) in [6.07, 6.45) is 0. The standard InChI is InChI=1S/C15H15N3O/c1-18(2)11-12-6-3-4-8-14(12)19-15-9-5-7-13(10-16)17-15/h3-9H,11H2,1-2H3. The number of benzene rings is 1. The van der Waals surface area contributed by atoms with Crippen molar-refractivity contribution in [2.75, 3.05) is 14.1 Å². The van der Waals surface area contributed by atoms with Crippen LogP contribution < -0.4 is 4.74 Å². The zero-order valence-electron chi connectivity index (χ0n) is 11.0. The van der Waals surface area contributed by atoms with Crippen LogP contribution >= 0.6 is 0 Å². The summed E-state index contributed by atoms with van der Waals surface area (Å²) in [5.74, 6) is 1.20. The quantitative estimate of drug-likeness (QED) is 0.840. The highest BCUT2D eigenvalue weighted by Gasteiger charge is 2.06. The first-order valence-electron chi connectivity index (χ1n) is 5.96. The van der Waals surface area contributed by atoms with Crippen molar-refractivity contribution in [3.63, 3.8) is 0 Å². The monoisotopic (exact) mass is 253 g/mol. The van der Waals surface area contributed by atoms with E-state index >= 15 is 0 Å². The van der Waals surface area contributed by atoms with Gasteiger partial charge in [-0.15, -0.1) is 0 Å². The number of para-hydroxylation sites is 1. The first kappa shape index (κ1) is 13.1. The Kier molecular flexibility index (Phi) is 4.11. The summed E-state index contributed by atoms with van der Waals surface area (Å²) in [5, 5.41) is 8.83. The number of hydrogen-bond acceptors (Lipinski definition) is 4. The van der Waals surface area contributed by atoms with Crippen molar-refractivity contribution in [3.8, 4) is 17.7 Å². The molecule has 4 heteroatoms. The van der Waals surface area contributed by atoms with Crippen LogP contribution in [0, 0.1) is 11.3 Å². The van der Waals surface area contributed by atoms with E-state index in [9.17, 15) is 0 Å². The lowest BCUT2D eigenvalue weighted by atomic mass is 10.2. The lowest BCUT2D eigenvalue weighted by Crippen LogP contribution is -2.11. The Morgan fingerprint density at radius 3 is 2.68 bits per heavy atom. The van der Waals surface area contributed by atoms with Crippen LogP contribution in [0.5, 0.6) is 11.6 Å². The maximum absolute atomic E-state index is 8.83. The van der Waals surface area contributed by atoms with E-state index < -0.39 is 0 Å². The SMILES string of the molecule is CN(C)Cc1ccccc1Oc1cccc(C#N)n1. The summed E-state index contributed by atoms with van der Waals surface area (Å²) < 4.78 is 5.76. The molecule has 0 N–H and O–H groups in total. The van der Waals surface area contributed by atoms with Gasteiger partial charge in [-0.05, 0) is 26.2 Å².